The standard InChI is InChI=1S/C12H12N2O4S3/c15-11-10(8-13-9-4-2-1-3-5-9)20-12(19)14(11)6-7-21(16,17)18/h1-5,8,13H,6-7H2,(H,16,17,18). The Bertz CT molecular complexity index is 686. The van der Waals surface area contributed by atoms with E-state index in [1.807, 2.05) is 30.3 Å². The van der Waals surface area contributed by atoms with Crippen molar-refractivity contribution in [2.75, 3.05) is 17.6 Å². The van der Waals surface area contributed by atoms with Gasteiger partial charge in [-0.1, -0.05) is 42.2 Å². The number of benzene rings is 1. The number of thiocarbonyl (C=S) groups is 1. The maximum atomic E-state index is 12.1. The van der Waals surface area contributed by atoms with E-state index >= 15 is 0 Å². The Hall–Kier alpha value is -1.42. The van der Waals surface area contributed by atoms with Crippen LogP contribution in [0, 0.1) is 0 Å². The molecule has 0 atom stereocenters. The highest BCUT2D eigenvalue weighted by Crippen LogP contribution is 2.30. The predicted octanol–water partition coefficient (Wildman–Crippen LogP) is 1.69. The van der Waals surface area contributed by atoms with E-state index in [2.05, 4.69) is 5.32 Å². The molecule has 1 aromatic rings. The first-order valence-corrected chi connectivity index (χ1v) is 8.71. The maximum absolute atomic E-state index is 12.1. The van der Waals surface area contributed by atoms with E-state index in [9.17, 15) is 13.2 Å². The number of carbonyl (C=O) groups is 1. The van der Waals surface area contributed by atoms with Gasteiger partial charge >= 0.3 is 0 Å². The van der Waals surface area contributed by atoms with Crippen LogP contribution in [0.5, 0.6) is 0 Å². The van der Waals surface area contributed by atoms with E-state index in [-0.39, 0.29) is 16.8 Å². The molecule has 0 bridgehead atoms. The molecule has 1 aliphatic heterocycles. The first-order chi connectivity index (χ1) is 9.87. The molecule has 0 aromatic heterocycles. The predicted molar refractivity (Wildman–Crippen MR) is 86.5 cm³/mol. The molecule has 1 saturated heterocycles. The molecule has 9 heteroatoms. The van der Waals surface area contributed by atoms with Crippen LogP contribution in [0.25, 0.3) is 0 Å². The molecule has 112 valence electrons. The van der Waals surface area contributed by atoms with Crippen molar-refractivity contribution in [1.29, 1.82) is 0 Å². The molecule has 0 aliphatic carbocycles. The van der Waals surface area contributed by atoms with Gasteiger partial charge in [-0.15, -0.1) is 0 Å². The summed E-state index contributed by atoms with van der Waals surface area (Å²) in [5, 5.41) is 2.97. The SMILES string of the molecule is O=C1C(=CNc2ccccc2)SC(=S)N1CCS(=O)(=O)O. The third kappa shape index (κ3) is 4.53. The summed E-state index contributed by atoms with van der Waals surface area (Å²) in [5.41, 5.74) is 0.820. The van der Waals surface area contributed by atoms with Crippen molar-refractivity contribution in [3.8, 4) is 0 Å². The second-order valence-electron chi connectivity index (χ2n) is 4.13. The van der Waals surface area contributed by atoms with Crippen molar-refractivity contribution in [3.63, 3.8) is 0 Å². The minimum atomic E-state index is -4.13. The minimum absolute atomic E-state index is 0.161. The third-order valence-electron chi connectivity index (χ3n) is 2.59. The Labute approximate surface area is 132 Å². The molecule has 1 fully saturated rings. The summed E-state index contributed by atoms with van der Waals surface area (Å²) in [5.74, 6) is -0.921. The van der Waals surface area contributed by atoms with Crippen LogP contribution in [0.1, 0.15) is 0 Å². The van der Waals surface area contributed by atoms with E-state index in [4.69, 9.17) is 16.8 Å². The lowest BCUT2D eigenvalue weighted by molar-refractivity contribution is -0.122. The van der Waals surface area contributed by atoms with Crippen molar-refractivity contribution in [3.05, 3.63) is 41.4 Å². The van der Waals surface area contributed by atoms with Crippen LogP contribution < -0.4 is 5.32 Å². The summed E-state index contributed by atoms with van der Waals surface area (Å²) in [6.07, 6.45) is 1.53. The Morgan fingerprint density at radius 1 is 1.33 bits per heavy atom. The fourth-order valence-electron chi connectivity index (χ4n) is 1.58. The van der Waals surface area contributed by atoms with Gasteiger partial charge in [-0.05, 0) is 12.1 Å². The molecular weight excluding hydrogens is 332 g/mol. The molecular formula is C12H12N2O4S3. The first kappa shape index (κ1) is 16.0. The third-order valence-corrected chi connectivity index (χ3v) is 4.67. The van der Waals surface area contributed by atoms with Crippen LogP contribution >= 0.6 is 24.0 Å². The monoisotopic (exact) mass is 344 g/mol. The number of anilines is 1. The molecule has 1 aliphatic rings. The zero-order valence-corrected chi connectivity index (χ0v) is 13.2. The lowest BCUT2D eigenvalue weighted by atomic mass is 10.3. The van der Waals surface area contributed by atoms with E-state index < -0.39 is 15.9 Å². The van der Waals surface area contributed by atoms with Gasteiger partial charge in [0.1, 0.15) is 4.32 Å². The van der Waals surface area contributed by atoms with Crippen molar-refractivity contribution in [1.82, 2.24) is 4.90 Å². The minimum Gasteiger partial charge on any atom is -0.360 e. The van der Waals surface area contributed by atoms with Gasteiger partial charge < -0.3 is 5.32 Å². The summed E-state index contributed by atoms with van der Waals surface area (Å²) < 4.78 is 30.5. The average Bonchev–Trinajstić information content (AvgIpc) is 2.69. The molecule has 0 saturated carbocycles. The number of carbonyl (C=O) groups excluding carboxylic acids is 1. The quantitative estimate of drug-likeness (QED) is 0.477. The van der Waals surface area contributed by atoms with Gasteiger partial charge in [-0.25, -0.2) is 0 Å². The fourth-order valence-corrected chi connectivity index (χ4v) is 3.23. The number of rotatable bonds is 5. The zero-order chi connectivity index (χ0) is 15.5. The molecule has 2 rings (SSSR count). The first-order valence-electron chi connectivity index (χ1n) is 5.87. The summed E-state index contributed by atoms with van der Waals surface area (Å²) in [4.78, 5) is 13.6. The number of nitrogens with one attached hydrogen (secondary N) is 1. The van der Waals surface area contributed by atoms with Crippen molar-refractivity contribution in [2.45, 2.75) is 0 Å². The summed E-state index contributed by atoms with van der Waals surface area (Å²) >= 11 is 6.12. The Morgan fingerprint density at radius 3 is 2.62 bits per heavy atom. The Kier molecular flexibility index (Phi) is 4.99. The van der Waals surface area contributed by atoms with Crippen LogP contribution in [0.15, 0.2) is 41.4 Å². The molecule has 0 unspecified atom stereocenters. The molecule has 6 nitrogen and oxygen atoms in total. The van der Waals surface area contributed by atoms with Gasteiger partial charge in [0.25, 0.3) is 16.0 Å². The average molecular weight is 344 g/mol. The van der Waals surface area contributed by atoms with Gasteiger partial charge in [-0.3, -0.25) is 14.2 Å². The Morgan fingerprint density at radius 2 is 2.00 bits per heavy atom. The Balaban J connectivity index is 2.04. The van der Waals surface area contributed by atoms with Gasteiger partial charge in [0, 0.05) is 18.4 Å². The fraction of sp³-hybridized carbons (Fsp3) is 0.167. The topological polar surface area (TPSA) is 86.7 Å². The van der Waals surface area contributed by atoms with E-state index in [1.54, 1.807) is 0 Å². The summed E-state index contributed by atoms with van der Waals surface area (Å²) in [6, 6.07) is 9.27. The number of hydrogen-bond donors (Lipinski definition) is 2. The van der Waals surface area contributed by atoms with E-state index in [0.29, 0.717) is 4.91 Å². The number of hydrogen-bond acceptors (Lipinski definition) is 6. The van der Waals surface area contributed by atoms with Gasteiger partial charge in [0.05, 0.1) is 10.7 Å². The van der Waals surface area contributed by atoms with Crippen LogP contribution in [0.4, 0.5) is 5.69 Å². The van der Waals surface area contributed by atoms with Crippen LogP contribution in [0.3, 0.4) is 0 Å². The summed E-state index contributed by atoms with van der Waals surface area (Å²) in [7, 11) is -4.13. The largest absolute Gasteiger partial charge is 0.360 e. The lowest BCUT2D eigenvalue weighted by Crippen LogP contribution is -2.32. The molecule has 21 heavy (non-hydrogen) atoms. The van der Waals surface area contributed by atoms with Gasteiger partial charge in [-0.2, -0.15) is 8.42 Å². The molecule has 2 N–H and O–H groups in total. The number of thioether (sulfide) groups is 1. The maximum Gasteiger partial charge on any atom is 0.267 e. The van der Waals surface area contributed by atoms with E-state index in [1.165, 1.54) is 6.20 Å². The number of para-hydroxylation sites is 1. The van der Waals surface area contributed by atoms with Crippen molar-refractivity contribution >= 4 is 50.0 Å². The van der Waals surface area contributed by atoms with Crippen molar-refractivity contribution in [2.24, 2.45) is 0 Å². The van der Waals surface area contributed by atoms with Crippen LogP contribution in [-0.4, -0.2) is 40.4 Å². The van der Waals surface area contributed by atoms with Crippen LogP contribution in [-0.2, 0) is 14.9 Å². The highest BCUT2D eigenvalue weighted by atomic mass is 32.2. The second-order valence-corrected chi connectivity index (χ2v) is 7.38. The summed E-state index contributed by atoms with van der Waals surface area (Å²) in [6.45, 7) is -0.161. The van der Waals surface area contributed by atoms with Crippen molar-refractivity contribution < 1.29 is 17.8 Å². The lowest BCUT2D eigenvalue weighted by Gasteiger charge is -2.12. The number of nitrogens with zero attached hydrogens (tertiary/aromatic N) is 1. The van der Waals surface area contributed by atoms with Crippen LogP contribution in [0.2, 0.25) is 0 Å². The highest BCUT2D eigenvalue weighted by Gasteiger charge is 2.32. The highest BCUT2D eigenvalue weighted by molar-refractivity contribution is 8.26. The molecule has 0 radical (unpaired) electrons. The molecule has 1 aromatic carbocycles. The smallest absolute Gasteiger partial charge is 0.267 e. The number of amides is 1. The molecule has 0 spiro atoms. The normalized spacial score (nSPS) is 17.6. The second kappa shape index (κ2) is 6.56. The van der Waals surface area contributed by atoms with Gasteiger partial charge in [0.2, 0.25) is 0 Å². The molecule has 1 heterocycles. The van der Waals surface area contributed by atoms with Gasteiger partial charge in [0.15, 0.2) is 0 Å². The molecule has 1 amide bonds. The van der Waals surface area contributed by atoms with E-state index in [0.717, 1.165) is 22.3 Å². The zero-order valence-electron chi connectivity index (χ0n) is 10.7.